The van der Waals surface area contributed by atoms with Gasteiger partial charge in [0, 0.05) is 24.9 Å². The van der Waals surface area contributed by atoms with Crippen molar-refractivity contribution in [2.75, 3.05) is 40.3 Å². The van der Waals surface area contributed by atoms with Crippen molar-refractivity contribution in [3.8, 4) is 0 Å². The molecule has 0 bridgehead atoms. The summed E-state index contributed by atoms with van der Waals surface area (Å²) in [5, 5.41) is 3.35. The Morgan fingerprint density at radius 3 is 2.89 bits per heavy atom. The van der Waals surface area contributed by atoms with Gasteiger partial charge in [-0.05, 0) is 52.5 Å². The standard InChI is InChI=1S/C14H26N4S/c1-17-7-4-12(5-8-17)9-18(2)10-13-11-19-14(16-13)3-6-15/h11-12H,3-10,15H2,1-2H3. The number of likely N-dealkylation sites (tertiary alicyclic amines) is 1. The van der Waals surface area contributed by atoms with E-state index in [1.54, 1.807) is 11.3 Å². The highest BCUT2D eigenvalue weighted by Crippen LogP contribution is 2.18. The molecule has 108 valence electrons. The van der Waals surface area contributed by atoms with Gasteiger partial charge < -0.3 is 15.5 Å². The van der Waals surface area contributed by atoms with Gasteiger partial charge in [0.2, 0.25) is 0 Å². The van der Waals surface area contributed by atoms with E-state index in [0.29, 0.717) is 6.54 Å². The van der Waals surface area contributed by atoms with Gasteiger partial charge in [0.1, 0.15) is 0 Å². The summed E-state index contributed by atoms with van der Waals surface area (Å²) in [6.07, 6.45) is 3.57. The first kappa shape index (κ1) is 14.9. The van der Waals surface area contributed by atoms with Crippen LogP contribution in [0.2, 0.25) is 0 Å². The van der Waals surface area contributed by atoms with Crippen molar-refractivity contribution in [2.45, 2.75) is 25.8 Å². The lowest BCUT2D eigenvalue weighted by atomic mass is 9.97. The lowest BCUT2D eigenvalue weighted by Gasteiger charge is -2.31. The Kier molecular flexibility index (Phi) is 5.76. The van der Waals surface area contributed by atoms with E-state index in [2.05, 4.69) is 34.3 Å². The van der Waals surface area contributed by atoms with Gasteiger partial charge in [-0.1, -0.05) is 0 Å². The molecule has 1 saturated heterocycles. The summed E-state index contributed by atoms with van der Waals surface area (Å²) >= 11 is 1.74. The zero-order chi connectivity index (χ0) is 13.7. The van der Waals surface area contributed by atoms with Crippen LogP contribution in [-0.2, 0) is 13.0 Å². The van der Waals surface area contributed by atoms with Gasteiger partial charge in [0.25, 0.3) is 0 Å². The van der Waals surface area contributed by atoms with E-state index < -0.39 is 0 Å². The molecule has 0 aliphatic carbocycles. The maximum Gasteiger partial charge on any atom is 0.0941 e. The van der Waals surface area contributed by atoms with Crippen molar-refractivity contribution in [3.63, 3.8) is 0 Å². The fourth-order valence-electron chi connectivity index (χ4n) is 2.69. The molecule has 1 aliphatic heterocycles. The smallest absolute Gasteiger partial charge is 0.0941 e. The average Bonchev–Trinajstić information content (AvgIpc) is 2.80. The maximum absolute atomic E-state index is 5.56. The topological polar surface area (TPSA) is 45.4 Å². The first-order valence-electron chi connectivity index (χ1n) is 7.18. The van der Waals surface area contributed by atoms with Crippen molar-refractivity contribution in [1.82, 2.24) is 14.8 Å². The monoisotopic (exact) mass is 282 g/mol. The summed E-state index contributed by atoms with van der Waals surface area (Å²) < 4.78 is 0. The van der Waals surface area contributed by atoms with Crippen molar-refractivity contribution >= 4 is 11.3 Å². The van der Waals surface area contributed by atoms with Crippen LogP contribution in [0.3, 0.4) is 0 Å². The van der Waals surface area contributed by atoms with Gasteiger partial charge in [-0.3, -0.25) is 0 Å². The lowest BCUT2D eigenvalue weighted by molar-refractivity contribution is 0.173. The predicted octanol–water partition coefficient (Wildman–Crippen LogP) is 1.42. The second-order valence-electron chi connectivity index (χ2n) is 5.71. The van der Waals surface area contributed by atoms with Crippen LogP contribution in [0.4, 0.5) is 0 Å². The highest BCUT2D eigenvalue weighted by Gasteiger charge is 2.18. The Morgan fingerprint density at radius 1 is 1.47 bits per heavy atom. The van der Waals surface area contributed by atoms with E-state index in [1.807, 2.05) is 0 Å². The van der Waals surface area contributed by atoms with Crippen LogP contribution in [0.5, 0.6) is 0 Å². The largest absolute Gasteiger partial charge is 0.330 e. The summed E-state index contributed by atoms with van der Waals surface area (Å²) in [6.45, 7) is 5.34. The quantitative estimate of drug-likeness (QED) is 0.857. The summed E-state index contributed by atoms with van der Waals surface area (Å²) in [7, 11) is 4.43. The van der Waals surface area contributed by atoms with Gasteiger partial charge in [-0.2, -0.15) is 0 Å². The van der Waals surface area contributed by atoms with Crippen molar-refractivity contribution in [3.05, 3.63) is 16.1 Å². The average molecular weight is 282 g/mol. The first-order chi connectivity index (χ1) is 9.17. The number of piperidine rings is 1. The molecule has 4 nitrogen and oxygen atoms in total. The molecule has 0 aromatic carbocycles. The number of hydrogen-bond acceptors (Lipinski definition) is 5. The van der Waals surface area contributed by atoms with Crippen LogP contribution in [0.1, 0.15) is 23.5 Å². The zero-order valence-electron chi connectivity index (χ0n) is 12.1. The van der Waals surface area contributed by atoms with Crippen molar-refractivity contribution in [2.24, 2.45) is 11.7 Å². The van der Waals surface area contributed by atoms with Gasteiger partial charge in [-0.25, -0.2) is 4.98 Å². The van der Waals surface area contributed by atoms with E-state index in [4.69, 9.17) is 5.73 Å². The highest BCUT2D eigenvalue weighted by molar-refractivity contribution is 7.09. The van der Waals surface area contributed by atoms with Gasteiger partial charge in [-0.15, -0.1) is 11.3 Å². The van der Waals surface area contributed by atoms with E-state index in [0.717, 1.165) is 18.9 Å². The molecule has 0 spiro atoms. The van der Waals surface area contributed by atoms with Crippen molar-refractivity contribution in [1.29, 1.82) is 0 Å². The van der Waals surface area contributed by atoms with Gasteiger partial charge >= 0.3 is 0 Å². The van der Waals surface area contributed by atoms with Crippen LogP contribution < -0.4 is 5.73 Å². The first-order valence-corrected chi connectivity index (χ1v) is 8.05. The summed E-state index contributed by atoms with van der Waals surface area (Å²) in [4.78, 5) is 9.47. The highest BCUT2D eigenvalue weighted by atomic mass is 32.1. The Hall–Kier alpha value is -0.490. The SMILES string of the molecule is CN1CCC(CN(C)Cc2csc(CCN)n2)CC1. The normalized spacial score (nSPS) is 18.3. The number of hydrogen-bond donors (Lipinski definition) is 1. The number of nitrogens with zero attached hydrogens (tertiary/aromatic N) is 3. The van der Waals surface area contributed by atoms with E-state index >= 15 is 0 Å². The molecular formula is C14H26N4S. The molecule has 1 aromatic heterocycles. The number of nitrogens with two attached hydrogens (primary N) is 1. The van der Waals surface area contributed by atoms with Gasteiger partial charge in [0.05, 0.1) is 10.7 Å². The molecule has 19 heavy (non-hydrogen) atoms. The lowest BCUT2D eigenvalue weighted by Crippen LogP contribution is -2.35. The van der Waals surface area contributed by atoms with Crippen LogP contribution in [0.15, 0.2) is 5.38 Å². The number of rotatable bonds is 6. The molecule has 5 heteroatoms. The third-order valence-corrected chi connectivity index (χ3v) is 4.75. The fourth-order valence-corrected chi connectivity index (χ4v) is 3.49. The molecule has 0 amide bonds. The maximum atomic E-state index is 5.56. The summed E-state index contributed by atoms with van der Waals surface area (Å²) in [5.41, 5.74) is 6.76. The predicted molar refractivity (Wildman–Crippen MR) is 81.4 cm³/mol. The third kappa shape index (κ3) is 4.84. The Morgan fingerprint density at radius 2 is 2.21 bits per heavy atom. The van der Waals surface area contributed by atoms with Crippen LogP contribution in [0, 0.1) is 5.92 Å². The summed E-state index contributed by atoms with van der Waals surface area (Å²) in [6, 6.07) is 0. The number of aromatic nitrogens is 1. The molecule has 0 radical (unpaired) electrons. The minimum atomic E-state index is 0.693. The molecule has 1 fully saturated rings. The minimum Gasteiger partial charge on any atom is -0.330 e. The minimum absolute atomic E-state index is 0.693. The van der Waals surface area contributed by atoms with Gasteiger partial charge in [0.15, 0.2) is 0 Å². The third-order valence-electron chi connectivity index (χ3n) is 3.80. The summed E-state index contributed by atoms with van der Waals surface area (Å²) in [5.74, 6) is 0.850. The van der Waals surface area contributed by atoms with Crippen LogP contribution in [0.25, 0.3) is 0 Å². The molecule has 1 aromatic rings. The molecular weight excluding hydrogens is 256 g/mol. The molecule has 1 aliphatic rings. The van der Waals surface area contributed by atoms with Crippen molar-refractivity contribution < 1.29 is 0 Å². The Balaban J connectivity index is 1.75. The molecule has 2 rings (SSSR count). The van der Waals surface area contributed by atoms with Crippen LogP contribution in [-0.4, -0.2) is 55.1 Å². The molecule has 0 saturated carbocycles. The van der Waals surface area contributed by atoms with Crippen LogP contribution >= 0.6 is 11.3 Å². The fraction of sp³-hybridized carbons (Fsp3) is 0.786. The molecule has 2 N–H and O–H groups in total. The second kappa shape index (κ2) is 7.33. The Labute approximate surface area is 120 Å². The molecule has 2 heterocycles. The van der Waals surface area contributed by atoms with E-state index in [9.17, 15) is 0 Å². The van der Waals surface area contributed by atoms with E-state index in [1.165, 1.54) is 43.2 Å². The second-order valence-corrected chi connectivity index (χ2v) is 6.66. The Bertz CT molecular complexity index is 371. The zero-order valence-corrected chi connectivity index (χ0v) is 13.0. The molecule has 0 unspecified atom stereocenters. The number of thiazole rings is 1. The molecule has 0 atom stereocenters. The van der Waals surface area contributed by atoms with E-state index in [-0.39, 0.29) is 0 Å².